The quantitative estimate of drug-likeness (QED) is 0.453. The van der Waals surface area contributed by atoms with Crippen LogP contribution in [0.2, 0.25) is 0 Å². The first-order valence-corrected chi connectivity index (χ1v) is 2.55. The fourth-order valence-electron chi connectivity index (χ4n) is 0.494. The molecule has 0 unspecified atom stereocenters. The molecule has 0 saturated heterocycles. The number of nitrogens with zero attached hydrogens (tertiary/aromatic N) is 2. The first-order valence-electron chi connectivity index (χ1n) is 2.55. The van der Waals surface area contributed by atoms with Crippen molar-refractivity contribution in [2.24, 2.45) is 0 Å². The van der Waals surface area contributed by atoms with Crippen LogP contribution >= 0.6 is 0 Å². The van der Waals surface area contributed by atoms with E-state index in [4.69, 9.17) is 13.6 Å². The Kier molecular flexibility index (Phi) is 1.38. The summed E-state index contributed by atoms with van der Waals surface area (Å²) in [4.78, 5) is 7.50. The highest BCUT2D eigenvalue weighted by Crippen LogP contribution is 1.88. The molecule has 0 bridgehead atoms. The van der Waals surface area contributed by atoms with Crippen molar-refractivity contribution < 1.29 is 0 Å². The maximum atomic E-state index is 5.41. The molecule has 0 aromatic carbocycles. The van der Waals surface area contributed by atoms with E-state index in [9.17, 15) is 0 Å². The van der Waals surface area contributed by atoms with Crippen LogP contribution in [0.15, 0.2) is 6.20 Å². The van der Waals surface area contributed by atoms with Crippen LogP contribution in [0.3, 0.4) is 0 Å². The highest BCUT2D eigenvalue weighted by molar-refractivity contribution is 6.32. The van der Waals surface area contributed by atoms with Gasteiger partial charge >= 0.3 is 0 Å². The lowest BCUT2D eigenvalue weighted by molar-refractivity contribution is 1.14. The Labute approximate surface area is 54.7 Å². The molecule has 0 amide bonds. The van der Waals surface area contributed by atoms with Gasteiger partial charge in [-0.15, -0.1) is 0 Å². The molecule has 2 N–H and O–H groups in total. The van der Waals surface area contributed by atoms with Crippen LogP contribution in [0.4, 0.5) is 5.95 Å². The molecule has 4 heteroatoms. The molecular weight excluding hydrogens is 113 g/mol. The minimum atomic E-state index is 0.265. The molecule has 1 rings (SSSR count). The number of rotatable bonds is 0. The third-order valence-electron chi connectivity index (χ3n) is 1.04. The van der Waals surface area contributed by atoms with E-state index in [0.29, 0.717) is 5.46 Å². The molecule has 2 radical (unpaired) electrons. The van der Waals surface area contributed by atoms with Gasteiger partial charge in [0.25, 0.3) is 0 Å². The predicted molar refractivity (Wildman–Crippen MR) is 36.6 cm³/mol. The van der Waals surface area contributed by atoms with Crippen molar-refractivity contribution in [3.05, 3.63) is 11.9 Å². The van der Waals surface area contributed by atoms with Crippen molar-refractivity contribution >= 4 is 19.3 Å². The maximum absolute atomic E-state index is 5.41. The average molecular weight is 119 g/mol. The number of hydrogen-bond donors (Lipinski definition) is 1. The van der Waals surface area contributed by atoms with Crippen molar-refractivity contribution in [3.63, 3.8) is 0 Å². The van der Waals surface area contributed by atoms with Crippen molar-refractivity contribution in [2.75, 3.05) is 5.73 Å². The molecule has 0 aliphatic rings. The summed E-state index contributed by atoms with van der Waals surface area (Å²) in [6.45, 7) is 1.79. The molecule has 44 valence electrons. The van der Waals surface area contributed by atoms with Crippen molar-refractivity contribution in [1.82, 2.24) is 9.97 Å². The van der Waals surface area contributed by atoms with Crippen LogP contribution in [0.1, 0.15) is 5.69 Å². The molecule has 1 aromatic rings. The molecule has 1 aromatic heterocycles. The normalized spacial score (nSPS) is 9.44. The molecule has 9 heavy (non-hydrogen) atoms. The number of aryl methyl sites for hydroxylation is 1. The van der Waals surface area contributed by atoms with E-state index in [-0.39, 0.29) is 5.95 Å². The predicted octanol–water partition coefficient (Wildman–Crippen LogP) is -0.839. The molecule has 0 spiro atoms. The Balaban J connectivity index is 3.17. The molecule has 0 saturated carbocycles. The second-order valence-corrected chi connectivity index (χ2v) is 1.77. The molecule has 1 heterocycles. The molecule has 0 aliphatic heterocycles. The van der Waals surface area contributed by atoms with Gasteiger partial charge in [-0.25, -0.2) is 9.97 Å². The van der Waals surface area contributed by atoms with E-state index in [1.165, 1.54) is 6.20 Å². The highest BCUT2D eigenvalue weighted by atomic mass is 15.0. The zero-order valence-corrected chi connectivity index (χ0v) is 5.13. The van der Waals surface area contributed by atoms with E-state index in [0.717, 1.165) is 5.69 Å². The van der Waals surface area contributed by atoms with E-state index in [1.54, 1.807) is 6.92 Å². The summed E-state index contributed by atoms with van der Waals surface area (Å²) in [6.07, 6.45) is 1.50. The largest absolute Gasteiger partial charge is 0.368 e. The second kappa shape index (κ2) is 2.05. The summed E-state index contributed by atoms with van der Waals surface area (Å²) in [6, 6.07) is 0. The lowest BCUT2D eigenvalue weighted by Crippen LogP contribution is -2.12. The summed E-state index contributed by atoms with van der Waals surface area (Å²) >= 11 is 0. The fourth-order valence-corrected chi connectivity index (χ4v) is 0.494. The minimum Gasteiger partial charge on any atom is -0.368 e. The zero-order chi connectivity index (χ0) is 6.85. The zero-order valence-electron chi connectivity index (χ0n) is 5.13. The third kappa shape index (κ3) is 1.19. The summed E-state index contributed by atoms with van der Waals surface area (Å²) in [5, 5.41) is 0. The fraction of sp³-hybridized carbons (Fsp3) is 0.200. The first-order chi connectivity index (χ1) is 4.20. The van der Waals surface area contributed by atoms with Gasteiger partial charge < -0.3 is 5.73 Å². The van der Waals surface area contributed by atoms with Crippen LogP contribution in [-0.2, 0) is 0 Å². The molecule has 0 fully saturated rings. The van der Waals surface area contributed by atoms with Gasteiger partial charge in [-0.2, -0.15) is 0 Å². The SMILES string of the molecule is [B]c1cnc(N)nc1C. The monoisotopic (exact) mass is 119 g/mol. The number of anilines is 1. The lowest BCUT2D eigenvalue weighted by Gasteiger charge is -1.96. The van der Waals surface area contributed by atoms with E-state index in [2.05, 4.69) is 9.97 Å². The smallest absolute Gasteiger partial charge is 0.220 e. The van der Waals surface area contributed by atoms with Gasteiger partial charge in [0.2, 0.25) is 5.95 Å². The highest BCUT2D eigenvalue weighted by Gasteiger charge is 1.92. The minimum absolute atomic E-state index is 0.265. The summed E-state index contributed by atoms with van der Waals surface area (Å²) in [5.41, 5.74) is 6.55. The van der Waals surface area contributed by atoms with Gasteiger partial charge in [0.05, 0.1) is 0 Å². The summed E-state index contributed by atoms with van der Waals surface area (Å²) in [7, 11) is 5.41. The average Bonchev–Trinajstić information content (AvgIpc) is 1.80. The molecule has 3 nitrogen and oxygen atoms in total. The van der Waals surface area contributed by atoms with Gasteiger partial charge in [-0.3, -0.25) is 0 Å². The molecule has 0 aliphatic carbocycles. The number of aromatic nitrogens is 2. The van der Waals surface area contributed by atoms with Crippen molar-refractivity contribution in [2.45, 2.75) is 6.92 Å². The van der Waals surface area contributed by atoms with Gasteiger partial charge in [-0.1, -0.05) is 5.46 Å². The Morgan fingerprint density at radius 3 is 2.78 bits per heavy atom. The van der Waals surface area contributed by atoms with Crippen molar-refractivity contribution in [1.29, 1.82) is 0 Å². The first kappa shape index (κ1) is 6.07. The Morgan fingerprint density at radius 1 is 1.67 bits per heavy atom. The van der Waals surface area contributed by atoms with Crippen LogP contribution in [-0.4, -0.2) is 17.8 Å². The number of hydrogen-bond acceptors (Lipinski definition) is 3. The topological polar surface area (TPSA) is 51.8 Å². The second-order valence-electron chi connectivity index (χ2n) is 1.77. The number of nitrogens with two attached hydrogens (primary N) is 1. The van der Waals surface area contributed by atoms with Gasteiger partial charge in [0.15, 0.2) is 0 Å². The van der Waals surface area contributed by atoms with Crippen molar-refractivity contribution in [3.8, 4) is 0 Å². The number of nitrogen functional groups attached to an aromatic ring is 1. The maximum Gasteiger partial charge on any atom is 0.220 e. The van der Waals surface area contributed by atoms with Crippen LogP contribution in [0.25, 0.3) is 0 Å². The summed E-state index contributed by atoms with van der Waals surface area (Å²) in [5.74, 6) is 0.265. The van der Waals surface area contributed by atoms with Gasteiger partial charge in [0, 0.05) is 11.9 Å². The van der Waals surface area contributed by atoms with Crippen LogP contribution in [0.5, 0.6) is 0 Å². The molecule has 0 atom stereocenters. The van der Waals surface area contributed by atoms with E-state index >= 15 is 0 Å². The van der Waals surface area contributed by atoms with E-state index in [1.807, 2.05) is 0 Å². The third-order valence-corrected chi connectivity index (χ3v) is 1.04. The Bertz CT molecular complexity index is 223. The molecular formula is C5H6BN3. The van der Waals surface area contributed by atoms with Crippen LogP contribution < -0.4 is 11.2 Å². The van der Waals surface area contributed by atoms with Gasteiger partial charge in [0.1, 0.15) is 7.85 Å². The Morgan fingerprint density at radius 2 is 2.33 bits per heavy atom. The van der Waals surface area contributed by atoms with Gasteiger partial charge in [-0.05, 0) is 6.92 Å². The van der Waals surface area contributed by atoms with E-state index < -0.39 is 0 Å². The Hall–Kier alpha value is -1.06. The lowest BCUT2D eigenvalue weighted by atomic mass is 9.97. The van der Waals surface area contributed by atoms with Crippen LogP contribution in [0, 0.1) is 6.92 Å². The summed E-state index contributed by atoms with van der Waals surface area (Å²) < 4.78 is 0. The standard InChI is InChI=1S/C5H6BN3/c1-3-4(6)2-8-5(7)9-3/h2H,1H3,(H2,7,8,9).